The molecule has 6 nitrogen and oxygen atoms in total. The summed E-state index contributed by atoms with van der Waals surface area (Å²) in [5.41, 5.74) is 0.607. The highest BCUT2D eigenvalue weighted by Gasteiger charge is 2.37. The van der Waals surface area contributed by atoms with E-state index in [-0.39, 0.29) is 25.4 Å². The van der Waals surface area contributed by atoms with Crippen LogP contribution in [0.4, 0.5) is 13.2 Å². The zero-order chi connectivity index (χ0) is 22.9. The number of nitrogens with zero attached hydrogens (tertiary/aromatic N) is 3. The van der Waals surface area contributed by atoms with E-state index in [4.69, 9.17) is 4.74 Å². The van der Waals surface area contributed by atoms with Crippen LogP contribution in [0.2, 0.25) is 0 Å². The van der Waals surface area contributed by atoms with Gasteiger partial charge in [0, 0.05) is 18.5 Å². The Hall–Kier alpha value is -3.62. The summed E-state index contributed by atoms with van der Waals surface area (Å²) in [7, 11) is 0. The normalized spacial score (nSPS) is 13.6. The second-order valence-electron chi connectivity index (χ2n) is 7.26. The van der Waals surface area contributed by atoms with Gasteiger partial charge in [0.05, 0.1) is 35.7 Å². The van der Waals surface area contributed by atoms with Crippen LogP contribution in [0.1, 0.15) is 44.6 Å². The molecule has 0 radical (unpaired) electrons. The quantitative estimate of drug-likeness (QED) is 0.565. The SMILES string of the molecule is CCOC(=O)c1nn(-c2ccccc2)c2c1CN(C(=O)c1ccccc1C(F)(F)F)CC2. The first-order valence-electron chi connectivity index (χ1n) is 10.1. The van der Waals surface area contributed by atoms with E-state index in [2.05, 4.69) is 5.10 Å². The molecule has 0 aliphatic carbocycles. The van der Waals surface area contributed by atoms with Gasteiger partial charge in [-0.25, -0.2) is 9.48 Å². The number of carbonyl (C=O) groups is 2. The largest absolute Gasteiger partial charge is 0.461 e. The summed E-state index contributed by atoms with van der Waals surface area (Å²) in [5, 5.41) is 4.43. The molecule has 32 heavy (non-hydrogen) atoms. The van der Waals surface area contributed by atoms with E-state index in [0.717, 1.165) is 17.4 Å². The Labute approximate surface area is 182 Å². The van der Waals surface area contributed by atoms with Crippen LogP contribution in [0.25, 0.3) is 5.69 Å². The molecule has 0 saturated carbocycles. The van der Waals surface area contributed by atoms with E-state index in [1.165, 1.54) is 23.1 Å². The van der Waals surface area contributed by atoms with Crippen LogP contribution < -0.4 is 0 Å². The number of alkyl halides is 3. The first kappa shape index (κ1) is 21.6. The molecule has 1 aromatic heterocycles. The van der Waals surface area contributed by atoms with E-state index in [1.54, 1.807) is 11.6 Å². The fourth-order valence-electron chi connectivity index (χ4n) is 3.83. The molecule has 4 rings (SSSR count). The highest BCUT2D eigenvalue weighted by atomic mass is 19.4. The van der Waals surface area contributed by atoms with Gasteiger partial charge in [-0.15, -0.1) is 0 Å². The number of esters is 1. The lowest BCUT2D eigenvalue weighted by Gasteiger charge is -2.28. The van der Waals surface area contributed by atoms with Gasteiger partial charge in [-0.1, -0.05) is 30.3 Å². The molecule has 3 aromatic rings. The van der Waals surface area contributed by atoms with Crippen molar-refractivity contribution in [3.8, 4) is 5.69 Å². The Morgan fingerprint density at radius 2 is 1.75 bits per heavy atom. The van der Waals surface area contributed by atoms with Gasteiger partial charge in [-0.3, -0.25) is 4.79 Å². The molecule has 0 atom stereocenters. The molecule has 166 valence electrons. The van der Waals surface area contributed by atoms with Crippen LogP contribution in [0.15, 0.2) is 54.6 Å². The molecule has 2 heterocycles. The minimum atomic E-state index is -4.65. The second kappa shape index (κ2) is 8.49. The summed E-state index contributed by atoms with van der Waals surface area (Å²) >= 11 is 0. The van der Waals surface area contributed by atoms with Gasteiger partial charge in [-0.2, -0.15) is 18.3 Å². The minimum Gasteiger partial charge on any atom is -0.461 e. The first-order valence-corrected chi connectivity index (χ1v) is 10.1. The summed E-state index contributed by atoms with van der Waals surface area (Å²) in [4.78, 5) is 26.9. The van der Waals surface area contributed by atoms with Gasteiger partial charge in [0.15, 0.2) is 5.69 Å². The molecule has 1 aliphatic rings. The number of fused-ring (bicyclic) bond motifs is 1. The molecule has 0 fully saturated rings. The van der Waals surface area contributed by atoms with Crippen LogP contribution in [0, 0.1) is 0 Å². The van der Waals surface area contributed by atoms with Crippen LogP contribution in [-0.2, 0) is 23.9 Å². The zero-order valence-corrected chi connectivity index (χ0v) is 17.2. The molecule has 1 aliphatic heterocycles. The van der Waals surface area contributed by atoms with Crippen molar-refractivity contribution < 1.29 is 27.5 Å². The number of amides is 1. The number of para-hydroxylation sites is 1. The molecule has 2 aromatic carbocycles. The Kier molecular flexibility index (Phi) is 5.73. The Morgan fingerprint density at radius 1 is 1.06 bits per heavy atom. The highest BCUT2D eigenvalue weighted by Crippen LogP contribution is 2.33. The topological polar surface area (TPSA) is 64.4 Å². The minimum absolute atomic E-state index is 0.0403. The Morgan fingerprint density at radius 3 is 2.44 bits per heavy atom. The second-order valence-corrected chi connectivity index (χ2v) is 7.26. The standard InChI is InChI=1S/C23H20F3N3O3/c1-2-32-22(31)20-17-14-28(21(30)16-10-6-7-11-18(16)23(24,25)26)13-12-19(17)29(27-20)15-8-4-3-5-9-15/h3-11H,2,12-14H2,1H3. The number of rotatable bonds is 4. The smallest absolute Gasteiger partial charge is 0.417 e. The number of ether oxygens (including phenoxy) is 1. The van der Waals surface area contributed by atoms with Crippen LogP contribution in [0.3, 0.4) is 0 Å². The third kappa shape index (κ3) is 3.98. The third-order valence-electron chi connectivity index (χ3n) is 5.28. The van der Waals surface area contributed by atoms with Crippen molar-refractivity contribution in [2.45, 2.75) is 26.1 Å². The van der Waals surface area contributed by atoms with E-state index in [0.29, 0.717) is 12.0 Å². The van der Waals surface area contributed by atoms with Crippen molar-refractivity contribution in [1.82, 2.24) is 14.7 Å². The summed E-state index contributed by atoms with van der Waals surface area (Å²) < 4.78 is 47.0. The van der Waals surface area contributed by atoms with Crippen molar-refractivity contribution >= 4 is 11.9 Å². The van der Waals surface area contributed by atoms with E-state index >= 15 is 0 Å². The molecule has 0 unspecified atom stereocenters. The summed E-state index contributed by atoms with van der Waals surface area (Å²) in [6, 6.07) is 13.9. The summed E-state index contributed by atoms with van der Waals surface area (Å²) in [6.07, 6.45) is -4.32. The van der Waals surface area contributed by atoms with E-state index in [9.17, 15) is 22.8 Å². The van der Waals surface area contributed by atoms with Crippen molar-refractivity contribution in [2.24, 2.45) is 0 Å². The van der Waals surface area contributed by atoms with E-state index < -0.39 is 29.2 Å². The molecule has 9 heteroatoms. The Bertz CT molecular complexity index is 1160. The summed E-state index contributed by atoms with van der Waals surface area (Å²) in [6.45, 7) is 1.97. The van der Waals surface area contributed by atoms with Crippen molar-refractivity contribution in [3.63, 3.8) is 0 Å². The molecule has 0 bridgehead atoms. The predicted molar refractivity (Wildman–Crippen MR) is 109 cm³/mol. The maximum absolute atomic E-state index is 13.4. The fourth-order valence-corrected chi connectivity index (χ4v) is 3.83. The molecule has 1 amide bonds. The average molecular weight is 443 g/mol. The molecular formula is C23H20F3N3O3. The maximum atomic E-state index is 13.4. The summed E-state index contributed by atoms with van der Waals surface area (Å²) in [5.74, 6) is -1.38. The van der Waals surface area contributed by atoms with Crippen molar-refractivity contribution in [1.29, 1.82) is 0 Å². The lowest BCUT2D eigenvalue weighted by atomic mass is 10.0. The number of benzene rings is 2. The lowest BCUT2D eigenvalue weighted by molar-refractivity contribution is -0.138. The van der Waals surface area contributed by atoms with Crippen molar-refractivity contribution in [2.75, 3.05) is 13.2 Å². The number of halogens is 3. The molecule has 0 spiro atoms. The van der Waals surface area contributed by atoms with Gasteiger partial charge in [0.25, 0.3) is 5.91 Å². The van der Waals surface area contributed by atoms with Gasteiger partial charge < -0.3 is 9.64 Å². The van der Waals surface area contributed by atoms with Gasteiger partial charge in [0.1, 0.15) is 0 Å². The number of hydrogen-bond donors (Lipinski definition) is 0. The van der Waals surface area contributed by atoms with Crippen LogP contribution >= 0.6 is 0 Å². The lowest BCUT2D eigenvalue weighted by Crippen LogP contribution is -2.37. The van der Waals surface area contributed by atoms with Gasteiger partial charge in [0.2, 0.25) is 0 Å². The third-order valence-corrected chi connectivity index (χ3v) is 5.28. The fraction of sp³-hybridized carbons (Fsp3) is 0.261. The average Bonchev–Trinajstić information content (AvgIpc) is 3.18. The number of aromatic nitrogens is 2. The predicted octanol–water partition coefficient (Wildman–Crippen LogP) is 4.27. The van der Waals surface area contributed by atoms with Crippen LogP contribution in [0.5, 0.6) is 0 Å². The highest BCUT2D eigenvalue weighted by molar-refractivity contribution is 5.96. The Balaban J connectivity index is 1.73. The monoisotopic (exact) mass is 443 g/mol. The van der Waals surface area contributed by atoms with E-state index in [1.807, 2.05) is 30.3 Å². The zero-order valence-electron chi connectivity index (χ0n) is 17.2. The molecule has 0 saturated heterocycles. The van der Waals surface area contributed by atoms with Crippen LogP contribution in [-0.4, -0.2) is 39.7 Å². The van der Waals surface area contributed by atoms with Crippen molar-refractivity contribution in [3.05, 3.63) is 82.7 Å². The number of hydrogen-bond acceptors (Lipinski definition) is 4. The van der Waals surface area contributed by atoms with Gasteiger partial charge in [-0.05, 0) is 31.2 Å². The van der Waals surface area contributed by atoms with Gasteiger partial charge >= 0.3 is 12.1 Å². The molecule has 0 N–H and O–H groups in total. The molecular weight excluding hydrogens is 423 g/mol. The maximum Gasteiger partial charge on any atom is 0.417 e. The number of carbonyl (C=O) groups excluding carboxylic acids is 2. The first-order chi connectivity index (χ1) is 15.3.